The number of nitrogens with zero attached hydrogens (tertiary/aromatic N) is 2. The number of aromatic nitrogens is 2. The Morgan fingerprint density at radius 1 is 1.21 bits per heavy atom. The molecule has 1 aromatic carbocycles. The summed E-state index contributed by atoms with van der Waals surface area (Å²) in [7, 11) is 0. The van der Waals surface area contributed by atoms with Gasteiger partial charge in [0.05, 0.1) is 30.1 Å². The lowest BCUT2D eigenvalue weighted by Crippen LogP contribution is -2.41. The summed E-state index contributed by atoms with van der Waals surface area (Å²) in [4.78, 5) is 23.5. The van der Waals surface area contributed by atoms with Crippen LogP contribution in [0.4, 0.5) is 13.2 Å². The van der Waals surface area contributed by atoms with E-state index in [1.807, 2.05) is 0 Å². The highest BCUT2D eigenvalue weighted by Crippen LogP contribution is 2.35. The van der Waals surface area contributed by atoms with Crippen LogP contribution in [0, 0.1) is 0 Å². The second-order valence-corrected chi connectivity index (χ2v) is 6.86. The molecule has 0 saturated carbocycles. The third-order valence-corrected chi connectivity index (χ3v) is 5.06. The lowest BCUT2D eigenvalue weighted by atomic mass is 9.95. The van der Waals surface area contributed by atoms with Crippen molar-refractivity contribution in [1.29, 1.82) is 0 Å². The molecule has 2 aliphatic heterocycles. The van der Waals surface area contributed by atoms with E-state index in [2.05, 4.69) is 10.4 Å². The summed E-state index contributed by atoms with van der Waals surface area (Å²) in [5.41, 5.74) is -2.03. The molecule has 0 radical (unpaired) electrons. The Labute approximate surface area is 157 Å². The van der Waals surface area contributed by atoms with E-state index in [1.54, 1.807) is 0 Å². The lowest BCUT2D eigenvalue weighted by Gasteiger charge is -2.20. The number of carboxylic acid groups (broad SMARTS) is 1. The van der Waals surface area contributed by atoms with Gasteiger partial charge in [0, 0.05) is 5.56 Å². The largest absolute Gasteiger partial charge is 0.478 e. The third kappa shape index (κ3) is 3.24. The Morgan fingerprint density at radius 3 is 2.46 bits per heavy atom. The number of hydrogen-bond acceptors (Lipinski definition) is 4. The van der Waals surface area contributed by atoms with Crippen LogP contribution in [0.3, 0.4) is 0 Å². The van der Waals surface area contributed by atoms with Crippen molar-refractivity contribution in [2.24, 2.45) is 0 Å². The Bertz CT molecular complexity index is 923. The summed E-state index contributed by atoms with van der Waals surface area (Å²) >= 11 is 0. The van der Waals surface area contributed by atoms with Crippen LogP contribution in [-0.2, 0) is 10.9 Å². The zero-order valence-corrected chi connectivity index (χ0v) is 14.4. The van der Waals surface area contributed by atoms with Gasteiger partial charge in [0.2, 0.25) is 0 Å². The Kier molecular flexibility index (Phi) is 4.37. The number of halogens is 3. The van der Waals surface area contributed by atoms with E-state index in [4.69, 9.17) is 9.84 Å². The summed E-state index contributed by atoms with van der Waals surface area (Å²) in [5, 5.41) is 15.4. The second kappa shape index (κ2) is 6.62. The molecule has 1 aromatic heterocycles. The van der Waals surface area contributed by atoms with E-state index in [9.17, 15) is 22.8 Å². The molecule has 0 aliphatic carbocycles. The molecule has 3 unspecified atom stereocenters. The first-order valence-electron chi connectivity index (χ1n) is 8.69. The molecule has 2 saturated heterocycles. The molecule has 28 heavy (non-hydrogen) atoms. The number of carboxylic acids is 1. The summed E-state index contributed by atoms with van der Waals surface area (Å²) in [6.07, 6.45) is -1.39. The van der Waals surface area contributed by atoms with Gasteiger partial charge in [-0.3, -0.25) is 4.79 Å². The third-order valence-electron chi connectivity index (χ3n) is 5.06. The summed E-state index contributed by atoms with van der Waals surface area (Å²) in [5.74, 6) is -2.06. The highest BCUT2D eigenvalue weighted by Gasteiger charge is 2.42. The zero-order chi connectivity index (χ0) is 20.1. The van der Waals surface area contributed by atoms with Crippen LogP contribution in [0.25, 0.3) is 5.69 Å². The van der Waals surface area contributed by atoms with Gasteiger partial charge in [0.15, 0.2) is 5.69 Å². The van der Waals surface area contributed by atoms with Crippen LogP contribution in [0.5, 0.6) is 0 Å². The van der Waals surface area contributed by atoms with E-state index in [0.717, 1.165) is 19.3 Å². The minimum Gasteiger partial charge on any atom is -0.478 e. The molecule has 3 atom stereocenters. The Hall–Kier alpha value is -2.88. The number of carbonyl (C=O) groups excluding carboxylic acids is 1. The van der Waals surface area contributed by atoms with Crippen LogP contribution in [0.15, 0.2) is 30.5 Å². The van der Waals surface area contributed by atoms with Crippen molar-refractivity contribution in [2.75, 3.05) is 0 Å². The predicted molar refractivity (Wildman–Crippen MR) is 89.3 cm³/mol. The number of aromatic carboxylic acids is 1. The zero-order valence-electron chi connectivity index (χ0n) is 14.4. The van der Waals surface area contributed by atoms with Gasteiger partial charge in [-0.2, -0.15) is 18.3 Å². The molecule has 2 N–H and O–H groups in total. The fourth-order valence-electron chi connectivity index (χ4n) is 3.77. The minimum absolute atomic E-state index is 0.000341. The molecular weight excluding hydrogens is 379 g/mol. The molecule has 2 aliphatic rings. The summed E-state index contributed by atoms with van der Waals surface area (Å²) < 4.78 is 46.1. The van der Waals surface area contributed by atoms with Gasteiger partial charge in [-0.15, -0.1) is 0 Å². The maximum Gasteiger partial charge on any atom is 0.434 e. The molecule has 10 heteroatoms. The van der Waals surface area contributed by atoms with E-state index >= 15 is 0 Å². The molecule has 4 rings (SSSR count). The van der Waals surface area contributed by atoms with Gasteiger partial charge >= 0.3 is 12.1 Å². The number of ether oxygens (including phenoxy) is 1. The predicted octanol–water partition coefficient (Wildman–Crippen LogP) is 2.64. The molecular formula is C18H16F3N3O4. The Balaban J connectivity index is 1.55. The van der Waals surface area contributed by atoms with Crippen molar-refractivity contribution in [3.05, 3.63) is 47.3 Å². The van der Waals surface area contributed by atoms with Crippen LogP contribution in [0.1, 0.15) is 45.7 Å². The monoisotopic (exact) mass is 395 g/mol. The quantitative estimate of drug-likeness (QED) is 0.830. The van der Waals surface area contributed by atoms with Crippen molar-refractivity contribution in [3.63, 3.8) is 0 Å². The van der Waals surface area contributed by atoms with Crippen molar-refractivity contribution in [2.45, 2.75) is 43.7 Å². The average Bonchev–Trinajstić information content (AvgIpc) is 3.36. The van der Waals surface area contributed by atoms with Gasteiger partial charge in [-0.25, -0.2) is 9.48 Å². The molecule has 7 nitrogen and oxygen atoms in total. The number of alkyl halides is 3. The number of hydrogen-bond donors (Lipinski definition) is 2. The van der Waals surface area contributed by atoms with Crippen molar-refractivity contribution >= 4 is 11.9 Å². The normalized spacial score (nSPS) is 23.8. The first-order chi connectivity index (χ1) is 13.2. The van der Waals surface area contributed by atoms with E-state index < -0.39 is 23.4 Å². The Morgan fingerprint density at radius 2 is 1.93 bits per heavy atom. The number of amides is 1. The highest BCUT2D eigenvalue weighted by molar-refractivity contribution is 5.94. The maximum atomic E-state index is 13.3. The van der Waals surface area contributed by atoms with E-state index in [0.29, 0.717) is 10.9 Å². The van der Waals surface area contributed by atoms with Gasteiger partial charge in [0.25, 0.3) is 5.91 Å². The summed E-state index contributed by atoms with van der Waals surface area (Å²) in [6.45, 7) is 0. The van der Waals surface area contributed by atoms with Crippen LogP contribution < -0.4 is 5.32 Å². The van der Waals surface area contributed by atoms with Gasteiger partial charge in [-0.1, -0.05) is 0 Å². The molecule has 2 bridgehead atoms. The number of benzene rings is 1. The van der Waals surface area contributed by atoms with E-state index in [-0.39, 0.29) is 35.4 Å². The van der Waals surface area contributed by atoms with Gasteiger partial charge in [0.1, 0.15) is 5.56 Å². The first kappa shape index (κ1) is 18.5. The number of fused-ring (bicyclic) bond motifs is 2. The number of rotatable bonds is 4. The van der Waals surface area contributed by atoms with Gasteiger partial charge < -0.3 is 15.2 Å². The topological polar surface area (TPSA) is 93.5 Å². The fraction of sp³-hybridized carbons (Fsp3) is 0.389. The van der Waals surface area contributed by atoms with Crippen molar-refractivity contribution in [3.8, 4) is 5.69 Å². The van der Waals surface area contributed by atoms with Crippen molar-refractivity contribution in [1.82, 2.24) is 15.1 Å². The molecule has 148 valence electrons. The SMILES string of the molecule is O=C(NC1CC2CCC1O2)c1ccc(-n2ncc(C(=O)O)c2C(F)(F)F)cc1. The molecule has 3 heterocycles. The second-order valence-electron chi connectivity index (χ2n) is 6.86. The molecule has 0 spiro atoms. The smallest absolute Gasteiger partial charge is 0.434 e. The van der Waals surface area contributed by atoms with Crippen LogP contribution in [0.2, 0.25) is 0 Å². The molecule has 2 aromatic rings. The standard InChI is InChI=1S/C18H16F3N3O4/c19-18(20,21)15-12(17(26)27)8-22-24(15)10-3-1-9(2-4-10)16(25)23-13-7-11-5-6-14(13)28-11/h1-4,8,11,13-14H,5-7H2,(H,23,25)(H,26,27). The number of carbonyl (C=O) groups is 2. The summed E-state index contributed by atoms with van der Waals surface area (Å²) in [6, 6.07) is 5.27. The molecule has 2 fully saturated rings. The van der Waals surface area contributed by atoms with Gasteiger partial charge in [-0.05, 0) is 43.5 Å². The number of nitrogens with one attached hydrogen (secondary N) is 1. The molecule has 1 amide bonds. The lowest BCUT2D eigenvalue weighted by molar-refractivity contribution is -0.143. The fourth-order valence-corrected chi connectivity index (χ4v) is 3.77. The van der Waals surface area contributed by atoms with Crippen LogP contribution >= 0.6 is 0 Å². The van der Waals surface area contributed by atoms with E-state index in [1.165, 1.54) is 24.3 Å². The van der Waals surface area contributed by atoms with Crippen molar-refractivity contribution < 1.29 is 32.6 Å². The highest BCUT2D eigenvalue weighted by atomic mass is 19.4. The first-order valence-corrected chi connectivity index (χ1v) is 8.69. The minimum atomic E-state index is -4.90. The maximum absolute atomic E-state index is 13.3. The average molecular weight is 395 g/mol. The van der Waals surface area contributed by atoms with Crippen LogP contribution in [-0.4, -0.2) is 45.0 Å².